The number of nitrogens with zero attached hydrogens (tertiary/aromatic N) is 1. The molecule has 8 heteroatoms. The highest BCUT2D eigenvalue weighted by Crippen LogP contribution is 2.07. The highest BCUT2D eigenvalue weighted by Gasteiger charge is 2.27. The zero-order chi connectivity index (χ0) is 14.4. The van der Waals surface area contributed by atoms with Crippen LogP contribution >= 0.6 is 0 Å². The number of nitrogens with one attached hydrogen (secondary N) is 1. The van der Waals surface area contributed by atoms with Crippen molar-refractivity contribution in [2.24, 2.45) is 5.73 Å². The number of nitrogens with two attached hydrogens (primary N) is 1. The van der Waals surface area contributed by atoms with Gasteiger partial charge in [0.25, 0.3) is 0 Å². The van der Waals surface area contributed by atoms with Crippen LogP contribution in [0.4, 0.5) is 4.79 Å². The molecule has 0 spiro atoms. The number of ether oxygens (including phenoxy) is 1. The predicted octanol–water partition coefficient (Wildman–Crippen LogP) is -0.865. The number of urea groups is 1. The summed E-state index contributed by atoms with van der Waals surface area (Å²) in [7, 11) is 0. The summed E-state index contributed by atoms with van der Waals surface area (Å²) in [6, 6.07) is -1.69. The van der Waals surface area contributed by atoms with E-state index >= 15 is 0 Å². The summed E-state index contributed by atoms with van der Waals surface area (Å²) in [6.07, 6.45) is -0.106. The first-order valence-electron chi connectivity index (χ1n) is 6.07. The van der Waals surface area contributed by atoms with E-state index in [1.54, 1.807) is 0 Å². The number of rotatable bonds is 5. The number of hydrogen-bond donors (Lipinski definition) is 3. The monoisotopic (exact) mass is 273 g/mol. The lowest BCUT2D eigenvalue weighted by Crippen LogP contribution is -2.54. The molecule has 0 radical (unpaired) electrons. The molecule has 1 rings (SSSR count). The first-order valence-corrected chi connectivity index (χ1v) is 6.07. The normalized spacial score (nSPS) is 20.7. The van der Waals surface area contributed by atoms with Gasteiger partial charge in [-0.1, -0.05) is 0 Å². The summed E-state index contributed by atoms with van der Waals surface area (Å²) in [5.41, 5.74) is 4.97. The molecule has 1 aliphatic rings. The Balaban J connectivity index is 2.55. The number of hydrogen-bond acceptors (Lipinski definition) is 4. The molecule has 8 nitrogen and oxygen atoms in total. The summed E-state index contributed by atoms with van der Waals surface area (Å²) in [5.74, 6) is -1.78. The van der Waals surface area contributed by atoms with Crippen LogP contribution in [0.5, 0.6) is 0 Å². The lowest BCUT2D eigenvalue weighted by atomic mass is 10.1. The second kappa shape index (κ2) is 6.93. The van der Waals surface area contributed by atoms with Gasteiger partial charge in [-0.05, 0) is 13.3 Å². The van der Waals surface area contributed by atoms with Gasteiger partial charge in [0.15, 0.2) is 0 Å². The van der Waals surface area contributed by atoms with Gasteiger partial charge >= 0.3 is 12.0 Å². The zero-order valence-corrected chi connectivity index (χ0v) is 10.8. The number of carboxylic acid groups (broad SMARTS) is 1. The van der Waals surface area contributed by atoms with Crippen molar-refractivity contribution in [2.75, 3.05) is 19.8 Å². The van der Waals surface area contributed by atoms with Crippen LogP contribution < -0.4 is 11.1 Å². The maximum atomic E-state index is 11.9. The molecule has 2 atom stereocenters. The Morgan fingerprint density at radius 1 is 1.53 bits per heavy atom. The lowest BCUT2D eigenvalue weighted by Gasteiger charge is -2.34. The number of carbonyl (C=O) groups excluding carboxylic acids is 2. The lowest BCUT2D eigenvalue weighted by molar-refractivity contribution is -0.139. The van der Waals surface area contributed by atoms with Crippen molar-refractivity contribution in [3.8, 4) is 0 Å². The number of primary amides is 1. The number of carboxylic acids is 1. The van der Waals surface area contributed by atoms with E-state index in [1.807, 2.05) is 6.92 Å². The summed E-state index contributed by atoms with van der Waals surface area (Å²) in [4.78, 5) is 35.1. The first kappa shape index (κ1) is 15.2. The standard InChI is InChI=1S/C11H19N3O5/c1-7-6-19-5-4-14(7)11(18)13-8(10(16)17)2-3-9(12)15/h7-8H,2-6H2,1H3,(H2,12,15)(H,13,18)(H,16,17)/t7?,8-/m0/s1. The molecule has 1 saturated heterocycles. The number of aliphatic carboxylic acids is 1. The molecular weight excluding hydrogens is 254 g/mol. The molecule has 1 fully saturated rings. The fourth-order valence-electron chi connectivity index (χ4n) is 1.80. The van der Waals surface area contributed by atoms with Crippen LogP contribution in [0.15, 0.2) is 0 Å². The molecule has 0 saturated carbocycles. The molecule has 0 aromatic carbocycles. The molecule has 0 aromatic rings. The average molecular weight is 273 g/mol. The molecule has 4 N–H and O–H groups in total. The van der Waals surface area contributed by atoms with Gasteiger partial charge in [0.1, 0.15) is 6.04 Å². The van der Waals surface area contributed by atoms with Crippen LogP contribution in [0, 0.1) is 0 Å². The second-order valence-corrected chi connectivity index (χ2v) is 4.46. The van der Waals surface area contributed by atoms with Crippen LogP contribution in [-0.4, -0.2) is 59.8 Å². The minimum absolute atomic E-state index is 0.0187. The van der Waals surface area contributed by atoms with E-state index in [2.05, 4.69) is 5.32 Å². The summed E-state index contributed by atoms with van der Waals surface area (Å²) < 4.78 is 5.19. The SMILES string of the molecule is CC1COCCN1C(=O)N[C@@H](CCC(N)=O)C(=O)O. The largest absolute Gasteiger partial charge is 0.480 e. The van der Waals surface area contributed by atoms with Crippen molar-refractivity contribution in [2.45, 2.75) is 31.8 Å². The van der Waals surface area contributed by atoms with Gasteiger partial charge in [-0.2, -0.15) is 0 Å². The molecule has 0 aromatic heterocycles. The Morgan fingerprint density at radius 3 is 2.74 bits per heavy atom. The van der Waals surface area contributed by atoms with Gasteiger partial charge < -0.3 is 25.8 Å². The molecule has 108 valence electrons. The molecular formula is C11H19N3O5. The van der Waals surface area contributed by atoms with Crippen molar-refractivity contribution in [3.63, 3.8) is 0 Å². The van der Waals surface area contributed by atoms with E-state index in [0.29, 0.717) is 19.8 Å². The molecule has 0 bridgehead atoms. The Kier molecular flexibility index (Phi) is 5.56. The maximum absolute atomic E-state index is 11.9. The summed E-state index contributed by atoms with van der Waals surface area (Å²) >= 11 is 0. The van der Waals surface area contributed by atoms with E-state index in [-0.39, 0.29) is 18.9 Å². The van der Waals surface area contributed by atoms with E-state index in [0.717, 1.165) is 0 Å². The molecule has 0 aliphatic carbocycles. The maximum Gasteiger partial charge on any atom is 0.326 e. The van der Waals surface area contributed by atoms with Gasteiger partial charge in [-0.15, -0.1) is 0 Å². The Morgan fingerprint density at radius 2 is 2.21 bits per heavy atom. The highest BCUT2D eigenvalue weighted by molar-refractivity contribution is 5.83. The zero-order valence-electron chi connectivity index (χ0n) is 10.8. The minimum atomic E-state index is -1.18. The van der Waals surface area contributed by atoms with Crippen LogP contribution in [-0.2, 0) is 14.3 Å². The molecule has 1 unspecified atom stereocenters. The predicted molar refractivity (Wildman–Crippen MR) is 65.4 cm³/mol. The third-order valence-corrected chi connectivity index (χ3v) is 2.90. The van der Waals surface area contributed by atoms with E-state index < -0.39 is 23.9 Å². The highest BCUT2D eigenvalue weighted by atomic mass is 16.5. The number of morpholine rings is 1. The van der Waals surface area contributed by atoms with E-state index in [4.69, 9.17) is 15.6 Å². The van der Waals surface area contributed by atoms with Crippen molar-refractivity contribution in [1.29, 1.82) is 0 Å². The van der Waals surface area contributed by atoms with Gasteiger partial charge in [0.2, 0.25) is 5.91 Å². The minimum Gasteiger partial charge on any atom is -0.480 e. The number of amides is 3. The fraction of sp³-hybridized carbons (Fsp3) is 0.727. The van der Waals surface area contributed by atoms with Crippen molar-refractivity contribution >= 4 is 17.9 Å². The van der Waals surface area contributed by atoms with Crippen LogP contribution in [0.2, 0.25) is 0 Å². The third kappa shape index (κ3) is 4.74. The molecule has 19 heavy (non-hydrogen) atoms. The van der Waals surface area contributed by atoms with Crippen LogP contribution in [0.1, 0.15) is 19.8 Å². The number of carbonyl (C=O) groups is 3. The quantitative estimate of drug-likeness (QED) is 0.601. The Labute approximate surface area is 110 Å². The third-order valence-electron chi connectivity index (χ3n) is 2.90. The van der Waals surface area contributed by atoms with Crippen LogP contribution in [0.25, 0.3) is 0 Å². The smallest absolute Gasteiger partial charge is 0.326 e. The molecule has 1 aliphatic heterocycles. The summed E-state index contributed by atoms with van der Waals surface area (Å²) in [6.45, 7) is 3.08. The van der Waals surface area contributed by atoms with Gasteiger partial charge in [-0.3, -0.25) is 4.79 Å². The molecule has 1 heterocycles. The first-order chi connectivity index (χ1) is 8.91. The van der Waals surface area contributed by atoms with Gasteiger partial charge in [-0.25, -0.2) is 9.59 Å². The fourth-order valence-corrected chi connectivity index (χ4v) is 1.80. The summed E-state index contributed by atoms with van der Waals surface area (Å²) in [5, 5.41) is 11.4. The van der Waals surface area contributed by atoms with Crippen molar-refractivity contribution in [3.05, 3.63) is 0 Å². The Hall–Kier alpha value is -1.83. The van der Waals surface area contributed by atoms with Gasteiger partial charge in [0.05, 0.1) is 19.3 Å². The van der Waals surface area contributed by atoms with Crippen molar-refractivity contribution in [1.82, 2.24) is 10.2 Å². The van der Waals surface area contributed by atoms with Gasteiger partial charge in [0, 0.05) is 13.0 Å². The second-order valence-electron chi connectivity index (χ2n) is 4.46. The van der Waals surface area contributed by atoms with E-state index in [1.165, 1.54) is 4.90 Å². The van der Waals surface area contributed by atoms with Crippen LogP contribution in [0.3, 0.4) is 0 Å². The Bertz CT molecular complexity index is 360. The topological polar surface area (TPSA) is 122 Å². The van der Waals surface area contributed by atoms with E-state index in [9.17, 15) is 14.4 Å². The average Bonchev–Trinajstić information content (AvgIpc) is 2.34. The molecule has 3 amide bonds. The van der Waals surface area contributed by atoms with Crippen molar-refractivity contribution < 1.29 is 24.2 Å².